The minimum Gasteiger partial charge on any atom is -0.327 e. The third-order valence-electron chi connectivity index (χ3n) is 3.21. The normalized spacial score (nSPS) is 14.3. The summed E-state index contributed by atoms with van der Waals surface area (Å²) in [6, 6.07) is 5.92. The van der Waals surface area contributed by atoms with Gasteiger partial charge >= 0.3 is 0 Å². The van der Waals surface area contributed by atoms with Crippen LogP contribution < -0.4 is 11.1 Å². The van der Waals surface area contributed by atoms with Gasteiger partial charge in [-0.05, 0) is 39.6 Å². The molecule has 0 aliphatic heterocycles. The maximum Gasteiger partial charge on any atom is 0.228 e. The molecule has 1 aromatic rings. The molecule has 1 amide bonds. The van der Waals surface area contributed by atoms with Gasteiger partial charge in [-0.25, -0.2) is 0 Å². The molecule has 0 bridgehead atoms. The van der Waals surface area contributed by atoms with Crippen LogP contribution in [0.15, 0.2) is 18.2 Å². The van der Waals surface area contributed by atoms with Crippen LogP contribution in [0.25, 0.3) is 0 Å². The summed E-state index contributed by atoms with van der Waals surface area (Å²) in [6.45, 7) is 6.54. The fraction of sp³-hybridized carbons (Fsp3) is 0.533. The van der Waals surface area contributed by atoms with Crippen molar-refractivity contribution in [1.29, 1.82) is 0 Å². The smallest absolute Gasteiger partial charge is 0.228 e. The molecule has 2 atom stereocenters. The molecule has 0 spiro atoms. The molecular formula is C15H25N3O. The first kappa shape index (κ1) is 15.7. The van der Waals surface area contributed by atoms with Crippen molar-refractivity contribution in [2.24, 2.45) is 11.7 Å². The second kappa shape index (κ2) is 6.68. The van der Waals surface area contributed by atoms with Gasteiger partial charge in [0.15, 0.2) is 0 Å². The summed E-state index contributed by atoms with van der Waals surface area (Å²) in [5.74, 6) is -0.229. The minimum absolute atomic E-state index is 0.0288. The highest BCUT2D eigenvalue weighted by Crippen LogP contribution is 2.19. The van der Waals surface area contributed by atoms with Crippen LogP contribution in [0.1, 0.15) is 25.0 Å². The lowest BCUT2D eigenvalue weighted by Gasteiger charge is -2.19. The average Bonchev–Trinajstić information content (AvgIpc) is 2.30. The lowest BCUT2D eigenvalue weighted by molar-refractivity contribution is -0.119. The van der Waals surface area contributed by atoms with Crippen molar-refractivity contribution in [1.82, 2.24) is 4.90 Å². The zero-order chi connectivity index (χ0) is 14.6. The topological polar surface area (TPSA) is 58.4 Å². The first-order valence-electron chi connectivity index (χ1n) is 6.62. The fourth-order valence-electron chi connectivity index (χ4n) is 1.80. The molecule has 0 saturated heterocycles. The molecule has 0 saturated carbocycles. The number of hydrogen-bond donors (Lipinski definition) is 2. The van der Waals surface area contributed by atoms with Crippen LogP contribution in [-0.2, 0) is 11.3 Å². The number of nitrogens with zero attached hydrogens (tertiary/aromatic N) is 1. The number of benzene rings is 1. The number of anilines is 1. The maximum absolute atomic E-state index is 12.1. The predicted molar refractivity (Wildman–Crippen MR) is 80.0 cm³/mol. The molecule has 4 nitrogen and oxygen atoms in total. The molecule has 0 aromatic heterocycles. The number of carbonyl (C=O) groups is 1. The summed E-state index contributed by atoms with van der Waals surface area (Å²) < 4.78 is 0. The van der Waals surface area contributed by atoms with E-state index in [-0.39, 0.29) is 17.9 Å². The highest BCUT2D eigenvalue weighted by atomic mass is 16.1. The van der Waals surface area contributed by atoms with Gasteiger partial charge in [-0.15, -0.1) is 0 Å². The highest BCUT2D eigenvalue weighted by Gasteiger charge is 2.18. The van der Waals surface area contributed by atoms with Crippen molar-refractivity contribution in [3.05, 3.63) is 29.3 Å². The van der Waals surface area contributed by atoms with Gasteiger partial charge in [-0.2, -0.15) is 0 Å². The quantitative estimate of drug-likeness (QED) is 0.854. The number of nitrogens with two attached hydrogens (primary N) is 1. The van der Waals surface area contributed by atoms with Gasteiger partial charge in [-0.1, -0.05) is 24.6 Å². The Morgan fingerprint density at radius 3 is 2.53 bits per heavy atom. The zero-order valence-corrected chi connectivity index (χ0v) is 12.5. The molecule has 0 aliphatic rings. The number of hydrogen-bond acceptors (Lipinski definition) is 3. The van der Waals surface area contributed by atoms with Crippen molar-refractivity contribution >= 4 is 11.6 Å². The third kappa shape index (κ3) is 4.65. The lowest BCUT2D eigenvalue weighted by Crippen LogP contribution is -2.34. The van der Waals surface area contributed by atoms with E-state index in [1.54, 1.807) is 0 Å². The predicted octanol–water partition coefficient (Wildman–Crippen LogP) is 1.98. The number of amides is 1. The molecule has 0 fully saturated rings. The van der Waals surface area contributed by atoms with Crippen LogP contribution >= 0.6 is 0 Å². The molecule has 0 radical (unpaired) electrons. The van der Waals surface area contributed by atoms with E-state index in [1.807, 2.05) is 40.1 Å². The zero-order valence-electron chi connectivity index (χ0n) is 12.5. The third-order valence-corrected chi connectivity index (χ3v) is 3.21. The van der Waals surface area contributed by atoms with Crippen molar-refractivity contribution in [2.45, 2.75) is 33.4 Å². The van der Waals surface area contributed by atoms with E-state index >= 15 is 0 Å². The van der Waals surface area contributed by atoms with E-state index in [9.17, 15) is 4.79 Å². The fourth-order valence-corrected chi connectivity index (χ4v) is 1.80. The average molecular weight is 263 g/mol. The Kier molecular flexibility index (Phi) is 5.51. The number of aryl methyl sites for hydroxylation is 1. The van der Waals surface area contributed by atoms with Gasteiger partial charge in [0.05, 0.1) is 5.92 Å². The summed E-state index contributed by atoms with van der Waals surface area (Å²) in [6.07, 6.45) is 0. The van der Waals surface area contributed by atoms with Crippen LogP contribution in [0.5, 0.6) is 0 Å². The number of carbonyl (C=O) groups excluding carboxylic acids is 1. The molecule has 3 N–H and O–H groups in total. The maximum atomic E-state index is 12.1. The van der Waals surface area contributed by atoms with E-state index in [2.05, 4.69) is 23.2 Å². The molecular weight excluding hydrogens is 238 g/mol. The van der Waals surface area contributed by atoms with E-state index in [0.29, 0.717) is 0 Å². The van der Waals surface area contributed by atoms with E-state index in [4.69, 9.17) is 5.73 Å². The molecule has 2 unspecified atom stereocenters. The van der Waals surface area contributed by atoms with Crippen molar-refractivity contribution < 1.29 is 4.79 Å². The Hall–Kier alpha value is -1.39. The molecule has 1 aromatic carbocycles. The largest absolute Gasteiger partial charge is 0.327 e. The minimum atomic E-state index is -0.200. The van der Waals surface area contributed by atoms with Crippen LogP contribution in [0.4, 0.5) is 5.69 Å². The van der Waals surface area contributed by atoms with Gasteiger partial charge in [0.1, 0.15) is 0 Å². The summed E-state index contributed by atoms with van der Waals surface area (Å²) >= 11 is 0. The molecule has 0 heterocycles. The van der Waals surface area contributed by atoms with Gasteiger partial charge in [0, 0.05) is 18.3 Å². The summed E-state index contributed by atoms with van der Waals surface area (Å²) in [4.78, 5) is 14.2. The van der Waals surface area contributed by atoms with Gasteiger partial charge in [-0.3, -0.25) is 4.79 Å². The number of nitrogens with one attached hydrogen (secondary N) is 1. The Balaban J connectivity index is 2.91. The molecule has 106 valence electrons. The van der Waals surface area contributed by atoms with Gasteiger partial charge in [0.25, 0.3) is 0 Å². The van der Waals surface area contributed by atoms with Gasteiger partial charge < -0.3 is 16.0 Å². The summed E-state index contributed by atoms with van der Waals surface area (Å²) in [5, 5.41) is 2.98. The van der Waals surface area contributed by atoms with Crippen LogP contribution in [-0.4, -0.2) is 30.9 Å². The monoisotopic (exact) mass is 263 g/mol. The molecule has 0 aliphatic carbocycles. The van der Waals surface area contributed by atoms with E-state index in [1.165, 1.54) is 5.56 Å². The SMILES string of the molecule is Cc1ccc(NC(=O)C(C)C(C)N)c(CN(C)C)c1. The van der Waals surface area contributed by atoms with Crippen LogP contribution in [0.3, 0.4) is 0 Å². The number of rotatable bonds is 5. The Morgan fingerprint density at radius 1 is 1.37 bits per heavy atom. The summed E-state index contributed by atoms with van der Waals surface area (Å²) in [5.41, 5.74) is 8.95. The van der Waals surface area contributed by atoms with Crippen molar-refractivity contribution in [3.63, 3.8) is 0 Å². The van der Waals surface area contributed by atoms with E-state index in [0.717, 1.165) is 17.8 Å². The molecule has 4 heteroatoms. The van der Waals surface area contributed by atoms with Crippen LogP contribution in [0, 0.1) is 12.8 Å². The Morgan fingerprint density at radius 2 is 2.00 bits per heavy atom. The Bertz CT molecular complexity index is 441. The first-order chi connectivity index (χ1) is 8.81. The Labute approximate surface area is 116 Å². The lowest BCUT2D eigenvalue weighted by atomic mass is 10.0. The highest BCUT2D eigenvalue weighted by molar-refractivity contribution is 5.93. The molecule has 1 rings (SSSR count). The molecule has 19 heavy (non-hydrogen) atoms. The van der Waals surface area contributed by atoms with E-state index < -0.39 is 0 Å². The van der Waals surface area contributed by atoms with Crippen molar-refractivity contribution in [2.75, 3.05) is 19.4 Å². The second-order valence-corrected chi connectivity index (χ2v) is 5.54. The van der Waals surface area contributed by atoms with Gasteiger partial charge in [0.2, 0.25) is 5.91 Å². The first-order valence-corrected chi connectivity index (χ1v) is 6.62. The van der Waals surface area contributed by atoms with Crippen LogP contribution in [0.2, 0.25) is 0 Å². The summed E-state index contributed by atoms with van der Waals surface area (Å²) in [7, 11) is 4.02. The second-order valence-electron chi connectivity index (χ2n) is 5.54. The standard InChI is InChI=1S/C15H25N3O/c1-10-6-7-14(13(8-10)9-18(4)5)17-15(19)11(2)12(3)16/h6-8,11-12H,9,16H2,1-5H3,(H,17,19). The van der Waals surface area contributed by atoms with Crippen molar-refractivity contribution in [3.8, 4) is 0 Å².